The molecule has 14 rings (SSSR count). The van der Waals surface area contributed by atoms with Crippen LogP contribution in [0.4, 0.5) is 39.9 Å². The maximum Gasteiger partial charge on any atom is 0.185 e. The van der Waals surface area contributed by atoms with Crippen molar-refractivity contribution >= 4 is 68.8 Å². The third kappa shape index (κ3) is 9.48. The van der Waals surface area contributed by atoms with Gasteiger partial charge >= 0.3 is 0 Å². The number of pyridine rings is 1. The van der Waals surface area contributed by atoms with Crippen molar-refractivity contribution in [1.29, 1.82) is 0 Å². The van der Waals surface area contributed by atoms with E-state index < -0.39 is 33.1 Å². The van der Waals surface area contributed by atoms with Crippen LogP contribution in [0.5, 0.6) is 11.5 Å². The van der Waals surface area contributed by atoms with Crippen LogP contribution in [0.2, 0.25) is 0 Å². The summed E-state index contributed by atoms with van der Waals surface area (Å²) in [4.78, 5) is 11.9. The fraction of sp³-hybridized carbons (Fsp3) is 0.198. The van der Waals surface area contributed by atoms with E-state index in [2.05, 4.69) is 224 Å². The fourth-order valence-electron chi connectivity index (χ4n) is 13.4. The maximum atomic E-state index is 9.38. The van der Waals surface area contributed by atoms with Gasteiger partial charge in [-0.15, -0.1) is 0 Å². The lowest BCUT2D eigenvalue weighted by molar-refractivity contribution is 0.483. The number of anilines is 7. The van der Waals surface area contributed by atoms with Gasteiger partial charge in [0, 0.05) is 50.5 Å². The Morgan fingerprint density at radius 2 is 1.03 bits per heavy atom. The highest BCUT2D eigenvalue weighted by Gasteiger charge is 2.54. The molecule has 0 atom stereocenters. The summed E-state index contributed by atoms with van der Waals surface area (Å²) in [6.45, 7) is 21.9. The van der Waals surface area contributed by atoms with Crippen molar-refractivity contribution in [3.05, 3.63) is 264 Å². The minimum atomic E-state index is -3.17. The summed E-state index contributed by atoms with van der Waals surface area (Å²) in [6, 6.07) is 65.8. The van der Waals surface area contributed by atoms with Crippen LogP contribution >= 0.6 is 0 Å². The minimum absolute atomic E-state index is 0.0878. The van der Waals surface area contributed by atoms with Crippen LogP contribution in [0.25, 0.3) is 44.5 Å². The zero-order valence-corrected chi connectivity index (χ0v) is 52.5. The number of nitrogens with zero attached hydrogens (tertiary/aromatic N) is 4. The molecule has 5 nitrogen and oxygen atoms in total. The number of hydrogen-bond acceptors (Lipinski definition) is 5. The Morgan fingerprint density at radius 3 is 1.68 bits per heavy atom. The zero-order chi connectivity index (χ0) is 67.2. The summed E-state index contributed by atoms with van der Waals surface area (Å²) in [7, 11) is -3.17. The third-order valence-electron chi connectivity index (χ3n) is 18.0. The lowest BCUT2D eigenvalue weighted by atomic mass is 9.78. The number of fused-ring (bicyclic) bond motifs is 10. The van der Waals surface area contributed by atoms with E-state index in [-0.39, 0.29) is 39.5 Å². The van der Waals surface area contributed by atoms with E-state index in [0.717, 1.165) is 67.0 Å². The fourth-order valence-corrected chi connectivity index (χ4v) is 19.1. The number of aryl methyl sites for hydroxylation is 3. The molecule has 0 saturated carbocycles. The van der Waals surface area contributed by atoms with Crippen LogP contribution in [0.15, 0.2) is 231 Å². The average molecular weight is 1160 g/mol. The predicted octanol–water partition coefficient (Wildman–Crippen LogP) is 19.1. The second-order valence-electron chi connectivity index (χ2n) is 26.9. The summed E-state index contributed by atoms with van der Waals surface area (Å²) in [6.07, 6.45) is 1.73. The highest BCUT2D eigenvalue weighted by molar-refractivity contribution is 7.23. The molecule has 3 aliphatic rings. The van der Waals surface area contributed by atoms with Crippen LogP contribution in [-0.4, -0.2) is 19.7 Å². The van der Waals surface area contributed by atoms with Crippen LogP contribution in [0.3, 0.4) is 0 Å². The molecule has 0 aliphatic carbocycles. The molecule has 430 valence electrons. The van der Waals surface area contributed by atoms with Gasteiger partial charge in [0.25, 0.3) is 0 Å². The molecular weight excluding hydrogens is 1070 g/mol. The van der Waals surface area contributed by atoms with Crippen LogP contribution in [0, 0.1) is 20.7 Å². The van der Waals surface area contributed by atoms with Crippen LogP contribution < -0.4 is 40.2 Å². The standard InChI is InChI=1S/C81H76N4OSi/c1-52-32-39-66-67-40-33-53(2)43-76(67)87(75(66)42-52)73-31-19-18-30-71(73)85(77-44-54(3)68(50-82-77)56-34-36-58(37-35-56)79(4,5)6)72-49-63(38-41-74(72)87)86-62-25-20-24-61(48-62)83-51-84(70-29-17-16-28-69(70)83)78-64(55-22-14-13-15-23-55)26-21-27-65(78)57-45-59(80(7,8)9)47-60(46-57)81(10,11)12/h13-50H,51H2,1-12H3/i3D3,13D,14D,15D,22D,23D. The Morgan fingerprint density at radius 1 is 0.448 bits per heavy atom. The predicted molar refractivity (Wildman–Crippen MR) is 370 cm³/mol. The Labute approximate surface area is 527 Å². The first-order chi connectivity index (χ1) is 45.0. The highest BCUT2D eigenvalue weighted by atomic mass is 28.3. The molecule has 10 aromatic carbocycles. The van der Waals surface area contributed by atoms with E-state index in [1.807, 2.05) is 54.6 Å². The maximum absolute atomic E-state index is 9.38. The molecule has 0 fully saturated rings. The Bertz CT molecular complexity index is 4850. The monoisotopic (exact) mass is 1160 g/mol. The molecule has 0 saturated heterocycles. The molecule has 1 spiro atoms. The summed E-state index contributed by atoms with van der Waals surface area (Å²) < 4.78 is 79.6. The van der Waals surface area contributed by atoms with Gasteiger partial charge in [-0.2, -0.15) is 0 Å². The lowest BCUT2D eigenvalue weighted by Crippen LogP contribution is -2.75. The van der Waals surface area contributed by atoms with Gasteiger partial charge in [-0.1, -0.05) is 243 Å². The van der Waals surface area contributed by atoms with Crippen molar-refractivity contribution < 1.29 is 15.7 Å². The highest BCUT2D eigenvalue weighted by Crippen LogP contribution is 2.52. The molecular formula is C81H76N4OSi. The third-order valence-corrected chi connectivity index (χ3v) is 22.9. The Hall–Kier alpha value is -9.23. The van der Waals surface area contributed by atoms with Gasteiger partial charge in [0.1, 0.15) is 24.0 Å². The molecule has 0 bridgehead atoms. The molecule has 11 aromatic rings. The number of ether oxygens (including phenoxy) is 1. The Balaban J connectivity index is 0.918. The van der Waals surface area contributed by atoms with Gasteiger partial charge < -0.3 is 14.5 Å². The van der Waals surface area contributed by atoms with E-state index >= 15 is 0 Å². The second-order valence-corrected chi connectivity index (χ2v) is 30.5. The van der Waals surface area contributed by atoms with Crippen molar-refractivity contribution in [1.82, 2.24) is 4.98 Å². The van der Waals surface area contributed by atoms with Crippen molar-refractivity contribution in [3.63, 3.8) is 0 Å². The van der Waals surface area contributed by atoms with Crippen molar-refractivity contribution in [2.75, 3.05) is 21.4 Å². The number of aromatic nitrogens is 1. The second kappa shape index (κ2) is 20.7. The van der Waals surface area contributed by atoms with Gasteiger partial charge in [0.05, 0.1) is 29.6 Å². The molecule has 0 amide bonds. The molecule has 0 unspecified atom stereocenters. The SMILES string of the molecule is [2H]c1c([2H])c([2H])c(-c2cccc(-c3cc(C(C)(C)C)cc(C(C)(C)C)c3)c2N2CN(c3cccc(Oc4ccc5c(c4)N(c4cc(C([2H])([2H])[2H])c(-c6ccc(C(C)(C)C)cc6)cn4)c4ccccc4[Si]54c5cc(C)ccc5-c5ccc(C)cc54)c3)c3ccccc32)c([2H])c1[2H]. The number of para-hydroxylation sites is 4. The smallest absolute Gasteiger partial charge is 0.185 e. The topological polar surface area (TPSA) is 31.8 Å². The summed E-state index contributed by atoms with van der Waals surface area (Å²) in [5, 5.41) is 4.91. The molecule has 0 radical (unpaired) electrons. The average Bonchev–Trinajstić information content (AvgIpc) is 1.56. The molecule has 0 N–H and O–H groups in total. The number of benzene rings is 10. The first-order valence-corrected chi connectivity index (χ1v) is 32.2. The van der Waals surface area contributed by atoms with E-state index in [4.69, 9.17) is 17.9 Å². The summed E-state index contributed by atoms with van der Waals surface area (Å²) in [5.74, 6) is 1.62. The van der Waals surface area contributed by atoms with E-state index in [9.17, 15) is 2.74 Å². The molecule has 87 heavy (non-hydrogen) atoms. The van der Waals surface area contributed by atoms with Gasteiger partial charge in [-0.05, 0) is 150 Å². The number of hydrogen-bond donors (Lipinski definition) is 0. The number of rotatable bonds is 8. The molecule has 1 aromatic heterocycles. The minimum Gasteiger partial charge on any atom is -0.457 e. The van der Waals surface area contributed by atoms with E-state index in [0.29, 0.717) is 40.8 Å². The lowest BCUT2D eigenvalue weighted by Gasteiger charge is -2.43. The van der Waals surface area contributed by atoms with Gasteiger partial charge in [0.2, 0.25) is 0 Å². The van der Waals surface area contributed by atoms with E-state index in [1.54, 1.807) is 12.3 Å². The van der Waals surface area contributed by atoms with Gasteiger partial charge in [-0.3, -0.25) is 4.90 Å². The van der Waals surface area contributed by atoms with Crippen molar-refractivity contribution in [3.8, 4) is 56.0 Å². The zero-order valence-electron chi connectivity index (χ0n) is 59.5. The van der Waals surface area contributed by atoms with E-state index in [1.165, 1.54) is 37.8 Å². The normalized spacial score (nSPS) is 15.4. The van der Waals surface area contributed by atoms with Gasteiger partial charge in [-0.25, -0.2) is 4.98 Å². The van der Waals surface area contributed by atoms with Gasteiger partial charge in [0.15, 0.2) is 8.07 Å². The summed E-state index contributed by atoms with van der Waals surface area (Å²) in [5.41, 5.74) is 16.8. The first kappa shape index (κ1) is 47.0. The summed E-state index contributed by atoms with van der Waals surface area (Å²) >= 11 is 0. The largest absolute Gasteiger partial charge is 0.457 e. The van der Waals surface area contributed by atoms with Crippen LogP contribution in [0.1, 0.15) is 107 Å². The van der Waals surface area contributed by atoms with Crippen LogP contribution in [-0.2, 0) is 16.2 Å². The quantitative estimate of drug-likeness (QED) is 0.142. The Kier molecular flexibility index (Phi) is 11.2. The molecule has 3 aliphatic heterocycles. The molecule has 4 heterocycles. The molecule has 6 heteroatoms. The van der Waals surface area contributed by atoms with Crippen molar-refractivity contribution in [2.24, 2.45) is 0 Å². The first-order valence-electron chi connectivity index (χ1n) is 34.2. The van der Waals surface area contributed by atoms with Crippen molar-refractivity contribution in [2.45, 2.75) is 99.3 Å².